The zero-order valence-corrected chi connectivity index (χ0v) is 16.7. The van der Waals surface area contributed by atoms with E-state index in [0.717, 1.165) is 5.56 Å². The first kappa shape index (κ1) is 20.3. The molecule has 0 radical (unpaired) electrons. The van der Waals surface area contributed by atoms with Crippen LogP contribution in [-0.4, -0.2) is 39.5 Å². The van der Waals surface area contributed by atoms with Gasteiger partial charge in [0.05, 0.1) is 34.1 Å². The van der Waals surface area contributed by atoms with Crippen molar-refractivity contribution >= 4 is 28.9 Å². The van der Waals surface area contributed by atoms with Gasteiger partial charge in [-0.15, -0.1) is 0 Å². The first-order chi connectivity index (χ1) is 12.9. The fraction of sp³-hybridized carbons (Fsp3) is 0.263. The van der Waals surface area contributed by atoms with E-state index in [2.05, 4.69) is 10.6 Å². The van der Waals surface area contributed by atoms with E-state index in [1.807, 2.05) is 25.1 Å². The molecular weight excluding hydrogens is 368 g/mol. The fourth-order valence-electron chi connectivity index (χ4n) is 2.44. The maximum Gasteiger partial charge on any atom is 0.257 e. The Labute approximate surface area is 163 Å². The maximum absolute atomic E-state index is 12.6. The van der Waals surface area contributed by atoms with E-state index >= 15 is 0 Å². The Morgan fingerprint density at radius 1 is 0.889 bits per heavy atom. The Bertz CT molecular complexity index is 829. The van der Waals surface area contributed by atoms with E-state index in [-0.39, 0.29) is 5.11 Å². The summed E-state index contributed by atoms with van der Waals surface area (Å²) < 4.78 is 21.1. The van der Waals surface area contributed by atoms with Gasteiger partial charge < -0.3 is 24.3 Å². The minimum absolute atomic E-state index is 0.135. The molecule has 0 fully saturated rings. The molecule has 27 heavy (non-hydrogen) atoms. The summed E-state index contributed by atoms with van der Waals surface area (Å²) in [4.78, 5) is 12.6. The summed E-state index contributed by atoms with van der Waals surface area (Å²) in [7, 11) is 6.02. The van der Waals surface area contributed by atoms with Crippen LogP contribution in [0.25, 0.3) is 0 Å². The van der Waals surface area contributed by atoms with Crippen molar-refractivity contribution in [3.8, 4) is 23.0 Å². The predicted molar refractivity (Wildman–Crippen MR) is 108 cm³/mol. The number of thiocarbonyl (C=S) groups is 1. The third kappa shape index (κ3) is 4.79. The van der Waals surface area contributed by atoms with Crippen LogP contribution in [0.15, 0.2) is 30.3 Å². The van der Waals surface area contributed by atoms with Crippen LogP contribution in [0.3, 0.4) is 0 Å². The Hall–Kier alpha value is -3.00. The van der Waals surface area contributed by atoms with Crippen molar-refractivity contribution in [2.75, 3.05) is 33.8 Å². The number of nitrogens with one attached hydrogen (secondary N) is 2. The third-order valence-electron chi connectivity index (χ3n) is 3.76. The Kier molecular flexibility index (Phi) is 6.84. The molecule has 0 aliphatic rings. The number of anilines is 1. The summed E-state index contributed by atoms with van der Waals surface area (Å²) in [6.07, 6.45) is 0. The molecule has 0 unspecified atom stereocenters. The van der Waals surface area contributed by atoms with Crippen molar-refractivity contribution in [1.82, 2.24) is 5.32 Å². The topological polar surface area (TPSA) is 78.1 Å². The molecule has 2 rings (SSSR count). The molecule has 0 heterocycles. The second kappa shape index (κ2) is 9.09. The standard InChI is InChI=1S/C19H22N2O5S/c1-11-6-7-13(14(8-11)23-2)20-19(27)21-18(22)12-9-15(24-3)17(26-5)16(10-12)25-4/h6-10H,1-5H3,(H2,20,21,22,27). The zero-order chi connectivity index (χ0) is 20.0. The maximum atomic E-state index is 12.6. The number of ether oxygens (including phenoxy) is 4. The largest absolute Gasteiger partial charge is 0.495 e. The molecule has 7 nitrogen and oxygen atoms in total. The Morgan fingerprint density at radius 2 is 1.48 bits per heavy atom. The summed E-state index contributed by atoms with van der Waals surface area (Å²) in [5, 5.41) is 5.72. The summed E-state index contributed by atoms with van der Waals surface area (Å²) >= 11 is 5.24. The van der Waals surface area contributed by atoms with Crippen LogP contribution in [0, 0.1) is 6.92 Å². The molecule has 0 saturated carbocycles. The highest BCUT2D eigenvalue weighted by Crippen LogP contribution is 2.38. The van der Waals surface area contributed by atoms with Crippen molar-refractivity contribution in [3.05, 3.63) is 41.5 Å². The average Bonchev–Trinajstić information content (AvgIpc) is 2.67. The van der Waals surface area contributed by atoms with E-state index in [1.165, 1.54) is 21.3 Å². The molecule has 144 valence electrons. The van der Waals surface area contributed by atoms with Crippen molar-refractivity contribution in [2.24, 2.45) is 0 Å². The number of benzene rings is 2. The molecule has 0 spiro atoms. The van der Waals surface area contributed by atoms with Crippen LogP contribution in [0.2, 0.25) is 0 Å². The quantitative estimate of drug-likeness (QED) is 0.734. The molecule has 8 heteroatoms. The normalized spacial score (nSPS) is 9.96. The number of carbonyl (C=O) groups is 1. The number of hydrogen-bond acceptors (Lipinski definition) is 6. The van der Waals surface area contributed by atoms with Gasteiger partial charge in [-0.05, 0) is 49.0 Å². The lowest BCUT2D eigenvalue weighted by molar-refractivity contribution is 0.0977. The summed E-state index contributed by atoms with van der Waals surface area (Å²) in [6, 6.07) is 8.70. The Balaban J connectivity index is 2.18. The number of methoxy groups -OCH3 is 4. The molecule has 0 aliphatic carbocycles. The second-order valence-corrected chi connectivity index (χ2v) is 5.93. The smallest absolute Gasteiger partial charge is 0.257 e. The highest BCUT2D eigenvalue weighted by molar-refractivity contribution is 7.80. The number of amides is 1. The minimum Gasteiger partial charge on any atom is -0.495 e. The molecule has 0 bridgehead atoms. The van der Waals surface area contributed by atoms with Crippen molar-refractivity contribution < 1.29 is 23.7 Å². The first-order valence-electron chi connectivity index (χ1n) is 8.00. The number of aryl methyl sites for hydroxylation is 1. The van der Waals surface area contributed by atoms with Gasteiger partial charge in [0.25, 0.3) is 5.91 Å². The van der Waals surface area contributed by atoms with Crippen LogP contribution in [0.5, 0.6) is 23.0 Å². The monoisotopic (exact) mass is 390 g/mol. The highest BCUT2D eigenvalue weighted by Gasteiger charge is 2.18. The van der Waals surface area contributed by atoms with E-state index < -0.39 is 5.91 Å². The van der Waals surface area contributed by atoms with E-state index in [0.29, 0.717) is 34.2 Å². The second-order valence-electron chi connectivity index (χ2n) is 5.53. The van der Waals surface area contributed by atoms with Gasteiger partial charge in [-0.3, -0.25) is 10.1 Å². The zero-order valence-electron chi connectivity index (χ0n) is 15.8. The molecule has 0 aliphatic heterocycles. The molecule has 2 aromatic rings. The van der Waals surface area contributed by atoms with E-state index in [1.54, 1.807) is 19.2 Å². The van der Waals surface area contributed by atoms with Crippen LogP contribution in [0.4, 0.5) is 5.69 Å². The van der Waals surface area contributed by atoms with Gasteiger partial charge in [-0.25, -0.2) is 0 Å². The molecule has 0 aromatic heterocycles. The summed E-state index contributed by atoms with van der Waals surface area (Å²) in [6.45, 7) is 1.96. The fourth-order valence-corrected chi connectivity index (χ4v) is 2.65. The number of carbonyl (C=O) groups excluding carboxylic acids is 1. The molecule has 0 atom stereocenters. The number of hydrogen-bond donors (Lipinski definition) is 2. The van der Waals surface area contributed by atoms with Gasteiger partial charge in [-0.2, -0.15) is 0 Å². The third-order valence-corrected chi connectivity index (χ3v) is 3.96. The molecule has 2 aromatic carbocycles. The van der Waals surface area contributed by atoms with E-state index in [9.17, 15) is 4.79 Å². The lowest BCUT2D eigenvalue weighted by Crippen LogP contribution is -2.34. The van der Waals surface area contributed by atoms with Gasteiger partial charge >= 0.3 is 0 Å². The van der Waals surface area contributed by atoms with Gasteiger partial charge in [0.1, 0.15) is 5.75 Å². The van der Waals surface area contributed by atoms with Crippen LogP contribution in [0.1, 0.15) is 15.9 Å². The van der Waals surface area contributed by atoms with Crippen LogP contribution in [-0.2, 0) is 0 Å². The molecular formula is C19H22N2O5S. The molecule has 0 saturated heterocycles. The lowest BCUT2D eigenvalue weighted by Gasteiger charge is -2.15. The van der Waals surface area contributed by atoms with E-state index in [4.69, 9.17) is 31.2 Å². The SMILES string of the molecule is COc1cc(C)ccc1NC(=S)NC(=O)c1cc(OC)c(OC)c(OC)c1. The molecule has 2 N–H and O–H groups in total. The lowest BCUT2D eigenvalue weighted by atomic mass is 10.1. The minimum atomic E-state index is -0.419. The predicted octanol–water partition coefficient (Wildman–Crippen LogP) is 3.16. The number of rotatable bonds is 6. The van der Waals surface area contributed by atoms with Crippen molar-refractivity contribution in [1.29, 1.82) is 0 Å². The van der Waals surface area contributed by atoms with Gasteiger partial charge in [0.2, 0.25) is 5.75 Å². The first-order valence-corrected chi connectivity index (χ1v) is 8.41. The van der Waals surface area contributed by atoms with Crippen LogP contribution < -0.4 is 29.6 Å². The Morgan fingerprint density at radius 3 is 2.00 bits per heavy atom. The molecule has 1 amide bonds. The van der Waals surface area contributed by atoms with Crippen molar-refractivity contribution in [2.45, 2.75) is 6.92 Å². The van der Waals surface area contributed by atoms with Crippen molar-refractivity contribution in [3.63, 3.8) is 0 Å². The van der Waals surface area contributed by atoms with Crippen LogP contribution >= 0.6 is 12.2 Å². The average molecular weight is 390 g/mol. The highest BCUT2D eigenvalue weighted by atomic mass is 32.1. The summed E-state index contributed by atoms with van der Waals surface area (Å²) in [5.74, 6) is 1.36. The van der Waals surface area contributed by atoms with Gasteiger partial charge in [-0.1, -0.05) is 6.07 Å². The van der Waals surface area contributed by atoms with Gasteiger partial charge in [0.15, 0.2) is 16.6 Å². The summed E-state index contributed by atoms with van der Waals surface area (Å²) in [5.41, 5.74) is 2.01. The van der Waals surface area contributed by atoms with Gasteiger partial charge in [0, 0.05) is 5.56 Å².